The van der Waals surface area contributed by atoms with Crippen LogP contribution in [0.1, 0.15) is 50.7 Å². The van der Waals surface area contributed by atoms with Crippen molar-refractivity contribution in [1.82, 2.24) is 0 Å². The average Bonchev–Trinajstić information content (AvgIpc) is 2.45. The Morgan fingerprint density at radius 2 is 2.05 bits per heavy atom. The topological polar surface area (TPSA) is 92.8 Å². The molecule has 0 amide bonds. The number of rotatable bonds is 5. The van der Waals surface area contributed by atoms with Gasteiger partial charge in [0, 0.05) is 17.7 Å². The van der Waals surface area contributed by atoms with Gasteiger partial charge in [-0.1, -0.05) is 19.3 Å². The molecule has 0 aromatic heterocycles. The van der Waals surface area contributed by atoms with Gasteiger partial charge in [0.05, 0.1) is 16.6 Å². The number of ether oxygens (including phenoxy) is 1. The maximum atomic E-state index is 10.8. The molecule has 1 aliphatic rings. The van der Waals surface area contributed by atoms with Crippen LogP contribution >= 0.6 is 0 Å². The van der Waals surface area contributed by atoms with Crippen molar-refractivity contribution in [1.29, 1.82) is 0 Å². The Kier molecular flexibility index (Phi) is 4.80. The lowest BCUT2D eigenvalue weighted by Gasteiger charge is -2.32. The van der Waals surface area contributed by atoms with E-state index in [9.17, 15) is 20.3 Å². The van der Waals surface area contributed by atoms with Crippen LogP contribution in [0.25, 0.3) is 0 Å². The molecule has 6 nitrogen and oxygen atoms in total. The SMILES string of the molecule is C[C@@H](O)c1cc([N+](=O)[O-])ccc1OCC1(O)CCCCC1. The zero-order chi connectivity index (χ0) is 15.5. The summed E-state index contributed by atoms with van der Waals surface area (Å²) in [7, 11) is 0. The van der Waals surface area contributed by atoms with Gasteiger partial charge in [-0.25, -0.2) is 0 Å². The molecule has 0 spiro atoms. The number of non-ortho nitro benzene ring substituents is 1. The first-order valence-corrected chi connectivity index (χ1v) is 7.23. The van der Waals surface area contributed by atoms with Crippen LogP contribution in [-0.2, 0) is 0 Å². The normalized spacial score (nSPS) is 19.0. The zero-order valence-corrected chi connectivity index (χ0v) is 12.1. The molecule has 2 rings (SSSR count). The molecular formula is C15H21NO5. The van der Waals surface area contributed by atoms with E-state index in [1.807, 2.05) is 0 Å². The first-order valence-electron chi connectivity index (χ1n) is 7.23. The van der Waals surface area contributed by atoms with E-state index in [-0.39, 0.29) is 12.3 Å². The van der Waals surface area contributed by atoms with Crippen molar-refractivity contribution >= 4 is 5.69 Å². The largest absolute Gasteiger partial charge is 0.490 e. The number of hydrogen-bond donors (Lipinski definition) is 2. The minimum atomic E-state index is -0.874. The predicted octanol–water partition coefficient (Wildman–Crippen LogP) is 2.72. The van der Waals surface area contributed by atoms with E-state index < -0.39 is 16.6 Å². The molecule has 2 N–H and O–H groups in total. The van der Waals surface area contributed by atoms with Crippen molar-refractivity contribution < 1.29 is 19.9 Å². The number of nitro groups is 1. The van der Waals surface area contributed by atoms with Gasteiger partial charge in [0.25, 0.3) is 5.69 Å². The summed E-state index contributed by atoms with van der Waals surface area (Å²) in [5.74, 6) is 0.384. The van der Waals surface area contributed by atoms with Crippen molar-refractivity contribution in [3.8, 4) is 5.75 Å². The Morgan fingerprint density at radius 3 is 2.62 bits per heavy atom. The minimum absolute atomic E-state index is 0.0883. The number of nitrogens with zero attached hydrogens (tertiary/aromatic N) is 1. The lowest BCUT2D eigenvalue weighted by atomic mass is 9.85. The highest BCUT2D eigenvalue weighted by atomic mass is 16.6. The Hall–Kier alpha value is -1.66. The molecule has 1 fully saturated rings. The Balaban J connectivity index is 2.13. The van der Waals surface area contributed by atoms with Crippen LogP contribution in [0.3, 0.4) is 0 Å². The van der Waals surface area contributed by atoms with Crippen LogP contribution < -0.4 is 4.74 Å². The second-order valence-electron chi connectivity index (χ2n) is 5.73. The standard InChI is InChI=1S/C15H21NO5/c1-11(17)13-9-12(16(19)20)5-6-14(13)21-10-15(18)7-3-2-4-8-15/h5-6,9,11,17-18H,2-4,7-8,10H2,1H3/t11-/m1/s1. The summed E-state index contributed by atoms with van der Waals surface area (Å²) in [6.45, 7) is 1.67. The summed E-state index contributed by atoms with van der Waals surface area (Å²) in [5, 5.41) is 30.9. The molecule has 1 atom stereocenters. The highest BCUT2D eigenvalue weighted by Crippen LogP contribution is 2.32. The lowest BCUT2D eigenvalue weighted by molar-refractivity contribution is -0.385. The van der Waals surface area contributed by atoms with Crippen molar-refractivity contribution in [3.05, 3.63) is 33.9 Å². The van der Waals surface area contributed by atoms with Gasteiger partial charge in [0.2, 0.25) is 0 Å². The van der Waals surface area contributed by atoms with Crippen LogP contribution in [0.5, 0.6) is 5.75 Å². The summed E-state index contributed by atoms with van der Waals surface area (Å²) in [5.41, 5.74) is -0.561. The van der Waals surface area contributed by atoms with Gasteiger partial charge in [-0.3, -0.25) is 10.1 Å². The van der Waals surface area contributed by atoms with Crippen molar-refractivity contribution in [3.63, 3.8) is 0 Å². The van der Waals surface area contributed by atoms with Gasteiger partial charge in [-0.2, -0.15) is 0 Å². The van der Waals surface area contributed by atoms with Gasteiger partial charge < -0.3 is 14.9 Å². The van der Waals surface area contributed by atoms with Gasteiger partial charge in [-0.05, 0) is 25.8 Å². The third-order valence-electron chi connectivity index (χ3n) is 3.93. The summed E-state index contributed by atoms with van der Waals surface area (Å²) in [4.78, 5) is 10.3. The molecule has 1 aromatic rings. The third-order valence-corrected chi connectivity index (χ3v) is 3.93. The first-order chi connectivity index (χ1) is 9.91. The van der Waals surface area contributed by atoms with Crippen LogP contribution in [-0.4, -0.2) is 27.3 Å². The molecule has 0 unspecified atom stereocenters. The molecule has 0 bridgehead atoms. The molecule has 0 aliphatic heterocycles. The molecule has 0 radical (unpaired) electrons. The van der Waals surface area contributed by atoms with Crippen LogP contribution in [0.15, 0.2) is 18.2 Å². The number of hydrogen-bond acceptors (Lipinski definition) is 5. The van der Waals surface area contributed by atoms with Crippen molar-refractivity contribution in [2.75, 3.05) is 6.61 Å². The Bertz CT molecular complexity index is 509. The maximum absolute atomic E-state index is 10.8. The molecule has 1 aromatic carbocycles. The van der Waals surface area contributed by atoms with Crippen LogP contribution in [0.4, 0.5) is 5.69 Å². The summed E-state index contributed by atoms with van der Waals surface area (Å²) in [6.07, 6.45) is 3.60. The molecular weight excluding hydrogens is 274 g/mol. The molecule has 116 valence electrons. The van der Waals surface area contributed by atoms with E-state index in [4.69, 9.17) is 4.74 Å². The van der Waals surface area contributed by atoms with Gasteiger partial charge in [0.1, 0.15) is 12.4 Å². The highest BCUT2D eigenvalue weighted by molar-refractivity contribution is 5.44. The van der Waals surface area contributed by atoms with Crippen molar-refractivity contribution in [2.45, 2.75) is 50.7 Å². The number of aliphatic hydroxyl groups is 2. The highest BCUT2D eigenvalue weighted by Gasteiger charge is 2.30. The van der Waals surface area contributed by atoms with Gasteiger partial charge in [0.15, 0.2) is 0 Å². The van der Waals surface area contributed by atoms with E-state index in [2.05, 4.69) is 0 Å². The van der Waals surface area contributed by atoms with Crippen LogP contribution in [0, 0.1) is 10.1 Å². The van der Waals surface area contributed by atoms with Gasteiger partial charge in [-0.15, -0.1) is 0 Å². The van der Waals surface area contributed by atoms with Gasteiger partial charge >= 0.3 is 0 Å². The minimum Gasteiger partial charge on any atom is -0.490 e. The molecule has 0 heterocycles. The first kappa shape index (κ1) is 15.7. The fourth-order valence-corrected chi connectivity index (χ4v) is 2.67. The molecule has 1 aliphatic carbocycles. The van der Waals surface area contributed by atoms with Crippen molar-refractivity contribution in [2.24, 2.45) is 0 Å². The Morgan fingerprint density at radius 1 is 1.38 bits per heavy atom. The maximum Gasteiger partial charge on any atom is 0.270 e. The molecule has 21 heavy (non-hydrogen) atoms. The van der Waals surface area contributed by atoms with E-state index in [0.29, 0.717) is 24.2 Å². The van der Waals surface area contributed by atoms with Crippen LogP contribution in [0.2, 0.25) is 0 Å². The number of benzene rings is 1. The van der Waals surface area contributed by atoms with E-state index in [1.54, 1.807) is 0 Å². The summed E-state index contributed by atoms with van der Waals surface area (Å²) >= 11 is 0. The molecule has 1 saturated carbocycles. The monoisotopic (exact) mass is 295 g/mol. The second-order valence-corrected chi connectivity index (χ2v) is 5.73. The third kappa shape index (κ3) is 3.92. The summed E-state index contributed by atoms with van der Waals surface area (Å²) < 4.78 is 5.64. The quantitative estimate of drug-likeness (QED) is 0.643. The molecule has 0 saturated heterocycles. The second kappa shape index (κ2) is 6.41. The fourth-order valence-electron chi connectivity index (χ4n) is 2.67. The fraction of sp³-hybridized carbons (Fsp3) is 0.600. The van der Waals surface area contributed by atoms with E-state index in [1.165, 1.54) is 25.1 Å². The number of aliphatic hydroxyl groups excluding tert-OH is 1. The predicted molar refractivity (Wildman–Crippen MR) is 77.3 cm³/mol. The van der Waals surface area contributed by atoms with E-state index in [0.717, 1.165) is 19.3 Å². The lowest BCUT2D eigenvalue weighted by Crippen LogP contribution is -2.38. The summed E-state index contributed by atoms with van der Waals surface area (Å²) in [6, 6.07) is 4.13. The smallest absolute Gasteiger partial charge is 0.270 e. The number of nitro benzene ring substituents is 1. The molecule has 6 heteroatoms. The van der Waals surface area contributed by atoms with E-state index >= 15 is 0 Å². The average molecular weight is 295 g/mol. The Labute approximate surface area is 123 Å². The zero-order valence-electron chi connectivity index (χ0n) is 12.1.